The predicted molar refractivity (Wildman–Crippen MR) is 120 cm³/mol. The molecule has 0 aliphatic rings. The van der Waals surface area contributed by atoms with Crippen molar-refractivity contribution in [2.45, 2.75) is 27.2 Å². The largest absolute Gasteiger partial charge is 0.307 e. The Labute approximate surface area is 173 Å². The van der Waals surface area contributed by atoms with Crippen LogP contribution in [0.4, 0.5) is 5.69 Å². The highest BCUT2D eigenvalue weighted by Gasteiger charge is 2.22. The van der Waals surface area contributed by atoms with Crippen LogP contribution in [-0.4, -0.2) is 17.4 Å². The molecule has 0 aliphatic carbocycles. The maximum atomic E-state index is 13.4. The van der Waals surface area contributed by atoms with E-state index in [1.54, 1.807) is 0 Å². The minimum Gasteiger partial charge on any atom is -0.307 e. The average Bonchev–Trinajstić information content (AvgIpc) is 3.13. The van der Waals surface area contributed by atoms with Gasteiger partial charge in [-0.1, -0.05) is 48.4 Å². The van der Waals surface area contributed by atoms with Crippen molar-refractivity contribution in [2.75, 3.05) is 11.4 Å². The van der Waals surface area contributed by atoms with Gasteiger partial charge in [-0.05, 0) is 50.1 Å². The SMILES string of the molecule is CCCN(C(=O)c1cc2c(Cl)nc3ccc(C)cc3c2s1)c1ccccc1C. The highest BCUT2D eigenvalue weighted by molar-refractivity contribution is 7.22. The number of nitrogens with zero attached hydrogens (tertiary/aromatic N) is 2. The Balaban J connectivity index is 1.86. The number of hydrogen-bond acceptors (Lipinski definition) is 3. The van der Waals surface area contributed by atoms with Gasteiger partial charge in [-0.3, -0.25) is 4.79 Å². The molecular formula is C23H21ClN2OS. The standard InChI is InChI=1S/C23H21ClN2OS/c1-4-11-26(19-8-6-5-7-15(19)3)23(27)20-13-17-21(28-20)16-12-14(2)9-10-18(16)25-22(17)24/h5-10,12-13H,4,11H2,1-3H3. The zero-order valence-electron chi connectivity index (χ0n) is 16.1. The fourth-order valence-corrected chi connectivity index (χ4v) is 4.93. The van der Waals surface area contributed by atoms with Crippen LogP contribution in [0, 0.1) is 13.8 Å². The van der Waals surface area contributed by atoms with Crippen molar-refractivity contribution in [1.82, 2.24) is 4.98 Å². The summed E-state index contributed by atoms with van der Waals surface area (Å²) >= 11 is 7.94. The number of benzene rings is 2. The molecule has 0 radical (unpaired) electrons. The van der Waals surface area contributed by atoms with Crippen LogP contribution in [0.5, 0.6) is 0 Å². The Hall–Kier alpha value is -2.43. The molecule has 0 fully saturated rings. The molecule has 0 spiro atoms. The van der Waals surface area contributed by atoms with E-state index in [4.69, 9.17) is 11.6 Å². The van der Waals surface area contributed by atoms with Crippen LogP contribution < -0.4 is 4.90 Å². The topological polar surface area (TPSA) is 33.2 Å². The molecule has 0 aliphatic heterocycles. The van der Waals surface area contributed by atoms with E-state index in [0.717, 1.165) is 44.2 Å². The van der Waals surface area contributed by atoms with Gasteiger partial charge in [0.2, 0.25) is 0 Å². The summed E-state index contributed by atoms with van der Waals surface area (Å²) < 4.78 is 1.02. The van der Waals surface area contributed by atoms with E-state index >= 15 is 0 Å². The van der Waals surface area contributed by atoms with Crippen molar-refractivity contribution in [1.29, 1.82) is 0 Å². The molecule has 2 aromatic carbocycles. The fourth-order valence-electron chi connectivity index (χ4n) is 3.50. The number of anilines is 1. The quantitative estimate of drug-likeness (QED) is 0.349. The Kier molecular flexibility index (Phi) is 5.09. The number of rotatable bonds is 4. The van der Waals surface area contributed by atoms with E-state index in [0.29, 0.717) is 16.6 Å². The molecule has 2 aromatic heterocycles. The number of hydrogen-bond donors (Lipinski definition) is 0. The lowest BCUT2D eigenvalue weighted by atomic mass is 10.1. The van der Waals surface area contributed by atoms with Crippen LogP contribution >= 0.6 is 22.9 Å². The molecular weight excluding hydrogens is 388 g/mol. The highest BCUT2D eigenvalue weighted by atomic mass is 35.5. The van der Waals surface area contributed by atoms with E-state index in [1.807, 2.05) is 54.3 Å². The van der Waals surface area contributed by atoms with Crippen LogP contribution in [0.25, 0.3) is 21.0 Å². The summed E-state index contributed by atoms with van der Waals surface area (Å²) in [5.41, 5.74) is 4.06. The zero-order valence-corrected chi connectivity index (χ0v) is 17.7. The minimum atomic E-state index is 0.00854. The summed E-state index contributed by atoms with van der Waals surface area (Å²) in [5.74, 6) is 0.00854. The molecule has 1 amide bonds. The number of carbonyl (C=O) groups is 1. The summed E-state index contributed by atoms with van der Waals surface area (Å²) in [6.07, 6.45) is 0.884. The van der Waals surface area contributed by atoms with Crippen molar-refractivity contribution in [3.8, 4) is 0 Å². The minimum absolute atomic E-state index is 0.00854. The molecule has 0 saturated carbocycles. The van der Waals surface area contributed by atoms with Gasteiger partial charge in [-0.25, -0.2) is 4.98 Å². The second kappa shape index (κ2) is 7.53. The maximum Gasteiger partial charge on any atom is 0.268 e. The molecule has 142 valence electrons. The summed E-state index contributed by atoms with van der Waals surface area (Å²) in [6.45, 7) is 6.85. The number of pyridine rings is 1. The molecule has 2 heterocycles. The van der Waals surface area contributed by atoms with E-state index < -0.39 is 0 Å². The van der Waals surface area contributed by atoms with Gasteiger partial charge in [0.1, 0.15) is 5.15 Å². The van der Waals surface area contributed by atoms with Crippen molar-refractivity contribution in [2.24, 2.45) is 0 Å². The third-order valence-corrected chi connectivity index (χ3v) is 6.32. The van der Waals surface area contributed by atoms with Crippen molar-refractivity contribution >= 4 is 55.5 Å². The van der Waals surface area contributed by atoms with Crippen molar-refractivity contribution < 1.29 is 4.79 Å². The molecule has 5 heteroatoms. The second-order valence-electron chi connectivity index (χ2n) is 7.02. The number of thiophene rings is 1. The average molecular weight is 409 g/mol. The Morgan fingerprint density at radius 3 is 2.64 bits per heavy atom. The number of halogens is 1. The molecule has 0 atom stereocenters. The summed E-state index contributed by atoms with van der Waals surface area (Å²) in [7, 11) is 0. The lowest BCUT2D eigenvalue weighted by molar-refractivity contribution is 0.0990. The van der Waals surface area contributed by atoms with Gasteiger partial charge in [-0.2, -0.15) is 0 Å². The van der Waals surface area contributed by atoms with Crippen LogP contribution in [0.3, 0.4) is 0 Å². The monoisotopic (exact) mass is 408 g/mol. The van der Waals surface area contributed by atoms with E-state index in [1.165, 1.54) is 11.3 Å². The number of fused-ring (bicyclic) bond motifs is 3. The van der Waals surface area contributed by atoms with Crippen LogP contribution in [0.1, 0.15) is 34.1 Å². The number of para-hydroxylation sites is 1. The highest BCUT2D eigenvalue weighted by Crippen LogP contribution is 2.37. The van der Waals surface area contributed by atoms with E-state index in [-0.39, 0.29) is 5.91 Å². The third kappa shape index (κ3) is 3.27. The van der Waals surface area contributed by atoms with E-state index in [2.05, 4.69) is 24.9 Å². The molecule has 0 unspecified atom stereocenters. The van der Waals surface area contributed by atoms with Gasteiger partial charge in [-0.15, -0.1) is 11.3 Å². The molecule has 3 nitrogen and oxygen atoms in total. The Morgan fingerprint density at radius 2 is 1.89 bits per heavy atom. The predicted octanol–water partition coefficient (Wildman–Crippen LogP) is 6.78. The van der Waals surface area contributed by atoms with Gasteiger partial charge >= 0.3 is 0 Å². The normalized spacial score (nSPS) is 11.3. The first-order chi connectivity index (χ1) is 13.5. The lowest BCUT2D eigenvalue weighted by Gasteiger charge is -2.23. The second-order valence-corrected chi connectivity index (χ2v) is 8.43. The van der Waals surface area contributed by atoms with Gasteiger partial charge in [0.25, 0.3) is 5.91 Å². The summed E-state index contributed by atoms with van der Waals surface area (Å²) in [5, 5.41) is 2.33. The van der Waals surface area contributed by atoms with E-state index in [9.17, 15) is 4.79 Å². The molecule has 0 bridgehead atoms. The van der Waals surface area contributed by atoms with Gasteiger partial charge in [0, 0.05) is 27.7 Å². The Morgan fingerprint density at radius 1 is 1.11 bits per heavy atom. The number of aryl methyl sites for hydroxylation is 2. The van der Waals surface area contributed by atoms with Gasteiger partial charge in [0.15, 0.2) is 0 Å². The number of aromatic nitrogens is 1. The van der Waals surface area contributed by atoms with Gasteiger partial charge < -0.3 is 4.90 Å². The zero-order chi connectivity index (χ0) is 19.8. The molecule has 28 heavy (non-hydrogen) atoms. The first-order valence-corrected chi connectivity index (χ1v) is 10.6. The number of amides is 1. The summed E-state index contributed by atoms with van der Waals surface area (Å²) in [6, 6.07) is 16.0. The molecule has 0 N–H and O–H groups in total. The number of carbonyl (C=O) groups excluding carboxylic acids is 1. The van der Waals surface area contributed by atoms with Crippen molar-refractivity contribution in [3.63, 3.8) is 0 Å². The summed E-state index contributed by atoms with van der Waals surface area (Å²) in [4.78, 5) is 20.5. The molecule has 4 aromatic rings. The fraction of sp³-hybridized carbons (Fsp3) is 0.217. The molecule has 4 rings (SSSR count). The van der Waals surface area contributed by atoms with Crippen LogP contribution in [0.15, 0.2) is 48.5 Å². The van der Waals surface area contributed by atoms with Crippen LogP contribution in [-0.2, 0) is 0 Å². The lowest BCUT2D eigenvalue weighted by Crippen LogP contribution is -2.31. The van der Waals surface area contributed by atoms with Crippen molar-refractivity contribution in [3.05, 3.63) is 69.7 Å². The third-order valence-electron chi connectivity index (χ3n) is 4.88. The Bertz CT molecular complexity index is 1200. The first kappa shape index (κ1) is 18.9. The maximum absolute atomic E-state index is 13.4. The first-order valence-electron chi connectivity index (χ1n) is 9.36. The molecule has 0 saturated heterocycles. The van der Waals surface area contributed by atoms with Gasteiger partial charge in [0.05, 0.1) is 10.4 Å². The van der Waals surface area contributed by atoms with Crippen LogP contribution in [0.2, 0.25) is 5.15 Å². The smallest absolute Gasteiger partial charge is 0.268 e.